The third-order valence-electron chi connectivity index (χ3n) is 2.84. The van der Waals surface area contributed by atoms with Gasteiger partial charge >= 0.3 is 0 Å². The number of hydrogen-bond donors (Lipinski definition) is 2. The summed E-state index contributed by atoms with van der Waals surface area (Å²) in [6.45, 7) is 3.21. The second-order valence-corrected chi connectivity index (χ2v) is 5.55. The van der Waals surface area contributed by atoms with Crippen LogP contribution in [0.2, 0.25) is 0 Å². The highest BCUT2D eigenvalue weighted by Gasteiger charge is 2.12. The summed E-state index contributed by atoms with van der Waals surface area (Å²) >= 11 is 2.36. The van der Waals surface area contributed by atoms with E-state index in [4.69, 9.17) is 0 Å². The van der Waals surface area contributed by atoms with Crippen molar-refractivity contribution in [2.75, 3.05) is 6.54 Å². The predicted octanol–water partition coefficient (Wildman–Crippen LogP) is 3.30. The minimum absolute atomic E-state index is 0.325. The Bertz CT molecular complexity index is 468. The Hall–Kier alpha value is -0.880. The summed E-state index contributed by atoms with van der Waals surface area (Å²) in [6.07, 6.45) is 5.72. The summed E-state index contributed by atoms with van der Waals surface area (Å²) in [5.74, 6) is 1.03. The first kappa shape index (κ1) is 13.5. The molecule has 96 valence electrons. The van der Waals surface area contributed by atoms with Crippen molar-refractivity contribution in [1.82, 2.24) is 15.3 Å². The maximum absolute atomic E-state index is 4.31. The highest BCUT2D eigenvalue weighted by atomic mass is 127. The molecule has 0 saturated heterocycles. The van der Waals surface area contributed by atoms with E-state index in [1.165, 1.54) is 9.13 Å². The maximum atomic E-state index is 4.31. The quantitative estimate of drug-likeness (QED) is 0.781. The standard InChI is InChI=1S/C14H18IN3/c1-2-6-16-13(10-14-17-7-8-18-14)11-4-3-5-12(15)9-11/h3-5,7-9,13,16H,2,6,10H2,1H3,(H,17,18). The van der Waals surface area contributed by atoms with Gasteiger partial charge in [-0.05, 0) is 53.3 Å². The highest BCUT2D eigenvalue weighted by molar-refractivity contribution is 14.1. The summed E-state index contributed by atoms with van der Waals surface area (Å²) in [5, 5.41) is 3.59. The monoisotopic (exact) mass is 355 g/mol. The first-order chi connectivity index (χ1) is 8.79. The lowest BCUT2D eigenvalue weighted by molar-refractivity contribution is 0.520. The lowest BCUT2D eigenvalue weighted by atomic mass is 10.0. The number of nitrogens with zero attached hydrogens (tertiary/aromatic N) is 1. The Morgan fingerprint density at radius 3 is 3.00 bits per heavy atom. The number of aromatic amines is 1. The van der Waals surface area contributed by atoms with E-state index in [1.54, 1.807) is 6.20 Å². The predicted molar refractivity (Wildman–Crippen MR) is 82.5 cm³/mol. The van der Waals surface area contributed by atoms with E-state index in [0.717, 1.165) is 25.2 Å². The Balaban J connectivity index is 2.13. The van der Waals surface area contributed by atoms with Crippen LogP contribution in [-0.4, -0.2) is 16.5 Å². The molecule has 1 heterocycles. The number of imidazole rings is 1. The normalized spacial score (nSPS) is 12.6. The molecule has 1 aromatic carbocycles. The summed E-state index contributed by atoms with van der Waals surface area (Å²) in [5.41, 5.74) is 1.33. The molecule has 2 aromatic rings. The maximum Gasteiger partial charge on any atom is 0.107 e. The first-order valence-electron chi connectivity index (χ1n) is 6.26. The number of rotatable bonds is 6. The molecule has 3 nitrogen and oxygen atoms in total. The van der Waals surface area contributed by atoms with Crippen molar-refractivity contribution < 1.29 is 0 Å². The zero-order chi connectivity index (χ0) is 12.8. The molecule has 0 saturated carbocycles. The van der Waals surface area contributed by atoms with Crippen LogP contribution < -0.4 is 5.32 Å². The first-order valence-corrected chi connectivity index (χ1v) is 7.34. The van der Waals surface area contributed by atoms with E-state index >= 15 is 0 Å². The van der Waals surface area contributed by atoms with E-state index in [9.17, 15) is 0 Å². The molecule has 2 N–H and O–H groups in total. The molecule has 0 amide bonds. The van der Waals surface area contributed by atoms with Crippen LogP contribution in [0, 0.1) is 3.57 Å². The van der Waals surface area contributed by atoms with E-state index in [-0.39, 0.29) is 0 Å². The van der Waals surface area contributed by atoms with E-state index in [2.05, 4.69) is 69.1 Å². The van der Waals surface area contributed by atoms with Gasteiger partial charge in [-0.2, -0.15) is 0 Å². The number of hydrogen-bond acceptors (Lipinski definition) is 2. The van der Waals surface area contributed by atoms with Crippen LogP contribution in [0.25, 0.3) is 0 Å². The summed E-state index contributed by atoms with van der Waals surface area (Å²) < 4.78 is 1.27. The second kappa shape index (κ2) is 6.89. The molecule has 1 unspecified atom stereocenters. The molecule has 0 radical (unpaired) electrons. The van der Waals surface area contributed by atoms with Crippen LogP contribution in [0.3, 0.4) is 0 Å². The third-order valence-corrected chi connectivity index (χ3v) is 3.52. The highest BCUT2D eigenvalue weighted by Crippen LogP contribution is 2.19. The van der Waals surface area contributed by atoms with Crippen LogP contribution >= 0.6 is 22.6 Å². The summed E-state index contributed by atoms with van der Waals surface area (Å²) in [6, 6.07) is 8.97. The number of benzene rings is 1. The summed E-state index contributed by atoms with van der Waals surface area (Å²) in [7, 11) is 0. The van der Waals surface area contributed by atoms with E-state index in [1.807, 2.05) is 6.20 Å². The zero-order valence-corrected chi connectivity index (χ0v) is 12.6. The Morgan fingerprint density at radius 1 is 1.44 bits per heavy atom. The molecule has 1 atom stereocenters. The van der Waals surface area contributed by atoms with Gasteiger partial charge in [-0.15, -0.1) is 0 Å². The molecule has 1 aromatic heterocycles. The van der Waals surface area contributed by atoms with Gasteiger partial charge in [-0.3, -0.25) is 0 Å². The van der Waals surface area contributed by atoms with Crippen molar-refractivity contribution in [3.8, 4) is 0 Å². The van der Waals surface area contributed by atoms with Crippen LogP contribution in [0.15, 0.2) is 36.7 Å². The van der Waals surface area contributed by atoms with Gasteiger partial charge in [0.15, 0.2) is 0 Å². The van der Waals surface area contributed by atoms with E-state index < -0.39 is 0 Å². The molecule has 0 aliphatic rings. The fraction of sp³-hybridized carbons (Fsp3) is 0.357. The van der Waals surface area contributed by atoms with Crippen molar-refractivity contribution >= 4 is 22.6 Å². The average Bonchev–Trinajstić information content (AvgIpc) is 2.87. The fourth-order valence-electron chi connectivity index (χ4n) is 1.95. The van der Waals surface area contributed by atoms with Crippen molar-refractivity contribution in [1.29, 1.82) is 0 Å². The molecule has 0 spiro atoms. The molecule has 2 rings (SSSR count). The lowest BCUT2D eigenvalue weighted by Crippen LogP contribution is -2.24. The smallest absolute Gasteiger partial charge is 0.107 e. The van der Waals surface area contributed by atoms with E-state index in [0.29, 0.717) is 6.04 Å². The van der Waals surface area contributed by atoms with Gasteiger partial charge in [0.05, 0.1) is 0 Å². The molecular weight excluding hydrogens is 337 g/mol. The molecule has 0 aliphatic carbocycles. The lowest BCUT2D eigenvalue weighted by Gasteiger charge is -2.18. The number of nitrogens with one attached hydrogen (secondary N) is 2. The number of H-pyrrole nitrogens is 1. The fourth-order valence-corrected chi connectivity index (χ4v) is 2.52. The van der Waals surface area contributed by atoms with Gasteiger partial charge in [0.25, 0.3) is 0 Å². The van der Waals surface area contributed by atoms with Gasteiger partial charge in [0.2, 0.25) is 0 Å². The molecule has 0 fully saturated rings. The van der Waals surface area contributed by atoms with Crippen molar-refractivity contribution in [2.45, 2.75) is 25.8 Å². The van der Waals surface area contributed by atoms with Crippen molar-refractivity contribution in [2.24, 2.45) is 0 Å². The third kappa shape index (κ3) is 3.81. The van der Waals surface area contributed by atoms with Crippen molar-refractivity contribution in [3.05, 3.63) is 51.6 Å². The summed E-state index contributed by atoms with van der Waals surface area (Å²) in [4.78, 5) is 7.49. The molecule has 0 bridgehead atoms. The van der Waals surface area contributed by atoms with Crippen molar-refractivity contribution in [3.63, 3.8) is 0 Å². The zero-order valence-electron chi connectivity index (χ0n) is 10.5. The SMILES string of the molecule is CCCNC(Cc1ncc[nH]1)c1cccc(I)c1. The number of aromatic nitrogens is 2. The van der Waals surface area contributed by atoms with Crippen LogP contribution in [0.4, 0.5) is 0 Å². The number of halogens is 1. The molecule has 0 aliphatic heterocycles. The Kier molecular flexibility index (Phi) is 5.19. The Morgan fingerprint density at radius 2 is 2.33 bits per heavy atom. The van der Waals surface area contributed by atoms with Gasteiger partial charge in [-0.25, -0.2) is 4.98 Å². The van der Waals surface area contributed by atoms with Gasteiger partial charge in [0.1, 0.15) is 5.82 Å². The van der Waals surface area contributed by atoms with Crippen LogP contribution in [-0.2, 0) is 6.42 Å². The van der Waals surface area contributed by atoms with Crippen LogP contribution in [0.5, 0.6) is 0 Å². The topological polar surface area (TPSA) is 40.7 Å². The van der Waals surface area contributed by atoms with Gasteiger partial charge in [-0.1, -0.05) is 19.1 Å². The molecule has 18 heavy (non-hydrogen) atoms. The minimum Gasteiger partial charge on any atom is -0.349 e. The minimum atomic E-state index is 0.325. The molecular formula is C14H18IN3. The largest absolute Gasteiger partial charge is 0.349 e. The molecule has 4 heteroatoms. The van der Waals surface area contributed by atoms with Gasteiger partial charge < -0.3 is 10.3 Å². The van der Waals surface area contributed by atoms with Crippen LogP contribution in [0.1, 0.15) is 30.8 Å². The van der Waals surface area contributed by atoms with Gasteiger partial charge in [0, 0.05) is 28.4 Å². The second-order valence-electron chi connectivity index (χ2n) is 4.30. The average molecular weight is 355 g/mol. The Labute approximate surface area is 122 Å².